The lowest BCUT2D eigenvalue weighted by Gasteiger charge is -2.13. The van der Waals surface area contributed by atoms with E-state index >= 15 is 0 Å². The Kier molecular flexibility index (Phi) is 9.81. The molecule has 0 aliphatic rings. The van der Waals surface area contributed by atoms with E-state index in [-0.39, 0.29) is 0 Å². The van der Waals surface area contributed by atoms with Crippen LogP contribution < -0.4 is 9.47 Å². The molecule has 55 heavy (non-hydrogen) atoms. The van der Waals surface area contributed by atoms with Crippen molar-refractivity contribution in [2.75, 3.05) is 0 Å². The van der Waals surface area contributed by atoms with Crippen molar-refractivity contribution in [3.8, 4) is 51.5 Å². The molecule has 0 fully saturated rings. The molecule has 0 bridgehead atoms. The van der Waals surface area contributed by atoms with Crippen molar-refractivity contribution in [1.82, 2.24) is 29.5 Å². The van der Waals surface area contributed by atoms with E-state index in [2.05, 4.69) is 139 Å². The summed E-state index contributed by atoms with van der Waals surface area (Å²) in [4.78, 5) is 22.6. The van der Waals surface area contributed by atoms with Gasteiger partial charge in [-0.05, 0) is 146 Å². The molecule has 0 aliphatic carbocycles. The summed E-state index contributed by atoms with van der Waals surface area (Å²) in [7, 11) is 0. The van der Waals surface area contributed by atoms with Crippen LogP contribution in [0, 0.1) is 25.7 Å². The van der Waals surface area contributed by atoms with Gasteiger partial charge in [-0.1, -0.05) is 27.7 Å². The lowest BCUT2D eigenvalue weighted by atomic mass is 9.99. The average molecular weight is 725 g/mol. The molecule has 8 rings (SSSR count). The molecule has 0 saturated carbocycles. The van der Waals surface area contributed by atoms with Crippen molar-refractivity contribution < 1.29 is 9.47 Å². The quantitative estimate of drug-likeness (QED) is 0.131. The average Bonchev–Trinajstić information content (AvgIpc) is 3.47. The van der Waals surface area contributed by atoms with Gasteiger partial charge in [0.25, 0.3) is 0 Å². The van der Waals surface area contributed by atoms with Crippen molar-refractivity contribution in [2.45, 2.75) is 54.4 Å². The van der Waals surface area contributed by atoms with Crippen molar-refractivity contribution >= 4 is 21.8 Å². The van der Waals surface area contributed by atoms with Crippen LogP contribution in [0.4, 0.5) is 0 Å². The highest BCUT2D eigenvalue weighted by Gasteiger charge is 2.18. The third-order valence-corrected chi connectivity index (χ3v) is 9.50. The van der Waals surface area contributed by atoms with Gasteiger partial charge in [-0.2, -0.15) is 0 Å². The molecule has 4 aromatic heterocycles. The zero-order valence-corrected chi connectivity index (χ0v) is 32.1. The van der Waals surface area contributed by atoms with Gasteiger partial charge < -0.3 is 9.47 Å². The minimum Gasteiger partial charge on any atom is -0.457 e. The Labute approximate surface area is 321 Å². The Morgan fingerprint density at radius 1 is 0.509 bits per heavy atom. The molecule has 0 saturated heterocycles. The minimum absolute atomic E-state index is 0.492. The van der Waals surface area contributed by atoms with E-state index in [0.29, 0.717) is 29.3 Å². The van der Waals surface area contributed by atoms with Crippen LogP contribution in [0.5, 0.6) is 23.0 Å². The van der Waals surface area contributed by atoms with Crippen LogP contribution in [-0.4, -0.2) is 29.5 Å². The van der Waals surface area contributed by atoms with E-state index in [9.17, 15) is 0 Å². The van der Waals surface area contributed by atoms with Gasteiger partial charge in [0, 0.05) is 46.4 Å². The molecular formula is C47H44N6O2. The highest BCUT2D eigenvalue weighted by molar-refractivity contribution is 6.09. The van der Waals surface area contributed by atoms with E-state index in [4.69, 9.17) is 9.47 Å². The van der Waals surface area contributed by atoms with Gasteiger partial charge in [0.05, 0.1) is 22.4 Å². The monoisotopic (exact) mass is 724 g/mol. The third kappa shape index (κ3) is 7.94. The molecule has 4 aromatic carbocycles. The fourth-order valence-electron chi connectivity index (χ4n) is 7.24. The smallest absolute Gasteiger partial charge is 0.237 e. The highest BCUT2D eigenvalue weighted by atomic mass is 16.5. The molecule has 8 nitrogen and oxygen atoms in total. The van der Waals surface area contributed by atoms with Crippen molar-refractivity contribution in [1.29, 1.82) is 0 Å². The zero-order valence-electron chi connectivity index (χ0n) is 32.1. The van der Waals surface area contributed by atoms with E-state index < -0.39 is 0 Å². The fourth-order valence-corrected chi connectivity index (χ4v) is 7.24. The van der Waals surface area contributed by atoms with Gasteiger partial charge in [-0.15, -0.1) is 0 Å². The van der Waals surface area contributed by atoms with Crippen molar-refractivity contribution in [3.63, 3.8) is 0 Å². The maximum Gasteiger partial charge on any atom is 0.237 e. The van der Waals surface area contributed by atoms with Crippen LogP contribution >= 0.6 is 0 Å². The molecule has 8 aromatic rings. The Morgan fingerprint density at radius 3 is 1.42 bits per heavy atom. The number of nitrogens with zero attached hydrogens (tertiary/aromatic N) is 6. The molecule has 0 atom stereocenters. The molecule has 0 unspecified atom stereocenters. The molecule has 0 amide bonds. The molecule has 0 aliphatic heterocycles. The highest BCUT2D eigenvalue weighted by Crippen LogP contribution is 2.38. The summed E-state index contributed by atoms with van der Waals surface area (Å²) in [6.07, 6.45) is 8.61. The van der Waals surface area contributed by atoms with E-state index in [0.717, 1.165) is 79.8 Å². The fraction of sp³-hybridized carbons (Fsp3) is 0.213. The van der Waals surface area contributed by atoms with Gasteiger partial charge in [0.1, 0.15) is 35.7 Å². The van der Waals surface area contributed by atoms with Crippen molar-refractivity contribution in [3.05, 3.63) is 144 Å². The summed E-state index contributed by atoms with van der Waals surface area (Å²) in [5, 5.41) is 2.08. The number of pyridine rings is 2. The van der Waals surface area contributed by atoms with E-state index in [1.54, 1.807) is 0 Å². The maximum absolute atomic E-state index is 6.66. The maximum atomic E-state index is 6.66. The van der Waals surface area contributed by atoms with Crippen LogP contribution in [0.3, 0.4) is 0 Å². The number of aromatic nitrogens is 6. The zero-order chi connectivity index (χ0) is 38.1. The van der Waals surface area contributed by atoms with E-state index in [1.807, 2.05) is 41.2 Å². The van der Waals surface area contributed by atoms with Gasteiger partial charge in [0.15, 0.2) is 0 Å². The normalized spacial score (nSPS) is 11.6. The van der Waals surface area contributed by atoms with Gasteiger partial charge in [-0.25, -0.2) is 15.0 Å². The van der Waals surface area contributed by atoms with Crippen LogP contribution in [0.2, 0.25) is 0 Å². The summed E-state index contributed by atoms with van der Waals surface area (Å²) in [5.41, 5.74) is 10.5. The number of hydrogen-bond acceptors (Lipinski definition) is 7. The molecule has 4 heterocycles. The summed E-state index contributed by atoms with van der Waals surface area (Å²) in [6, 6.07) is 33.4. The predicted octanol–water partition coefficient (Wildman–Crippen LogP) is 11.7. The number of aryl methyl sites for hydroxylation is 2. The van der Waals surface area contributed by atoms with Crippen molar-refractivity contribution in [2.24, 2.45) is 11.8 Å². The molecule has 0 N–H and O–H groups in total. The molecule has 8 heteroatoms. The first-order chi connectivity index (χ1) is 26.6. The van der Waals surface area contributed by atoms with Crippen LogP contribution in [0.15, 0.2) is 122 Å². The minimum atomic E-state index is 0.492. The second-order valence-corrected chi connectivity index (χ2v) is 15.2. The van der Waals surface area contributed by atoms with Crippen LogP contribution in [0.1, 0.15) is 49.9 Å². The summed E-state index contributed by atoms with van der Waals surface area (Å²) in [6.45, 7) is 13.1. The summed E-state index contributed by atoms with van der Waals surface area (Å²) in [5.74, 6) is 4.40. The van der Waals surface area contributed by atoms with Gasteiger partial charge in [-0.3, -0.25) is 14.5 Å². The Hall–Kier alpha value is -6.41. The third-order valence-electron chi connectivity index (χ3n) is 9.50. The first-order valence-electron chi connectivity index (χ1n) is 18.9. The first-order valence-corrected chi connectivity index (χ1v) is 18.9. The lowest BCUT2D eigenvalue weighted by molar-refractivity contribution is 0.482. The van der Waals surface area contributed by atoms with Crippen LogP contribution in [-0.2, 0) is 12.8 Å². The SMILES string of the molecule is Cc1ccnc(-c2cc(CC(C)C)cc(Oc3ccc4c5ccc(Oc6cc(CC(C)C)cc(-c7cc(C)ccn7)c6)cc5n(-c5ncncn5)c4c3)c2)c1. The second-order valence-electron chi connectivity index (χ2n) is 15.2. The number of fused-ring (bicyclic) bond motifs is 3. The largest absolute Gasteiger partial charge is 0.457 e. The lowest BCUT2D eigenvalue weighted by Crippen LogP contribution is -2.01. The number of rotatable bonds is 11. The molecule has 0 spiro atoms. The summed E-state index contributed by atoms with van der Waals surface area (Å²) >= 11 is 0. The number of hydrogen-bond donors (Lipinski definition) is 0. The van der Waals surface area contributed by atoms with Gasteiger partial charge >= 0.3 is 0 Å². The van der Waals surface area contributed by atoms with E-state index in [1.165, 1.54) is 23.8 Å². The topological polar surface area (TPSA) is 87.8 Å². The molecular weight excluding hydrogens is 681 g/mol. The Bertz CT molecular complexity index is 2490. The van der Waals surface area contributed by atoms with Gasteiger partial charge in [0.2, 0.25) is 5.95 Å². The number of benzene rings is 4. The summed E-state index contributed by atoms with van der Waals surface area (Å²) < 4.78 is 15.4. The standard InChI is InChI=1S/C47H44N6O2/c1-29(2)15-33-19-35(43-17-31(5)11-13-49-43)23-39(21-33)54-37-7-9-41-42-10-8-38(26-46(42)53(45(41)25-37)47-51-27-48-28-52-47)55-40-22-34(16-30(3)4)20-36(24-40)44-18-32(6)12-14-50-44/h7-14,17-30H,15-16H2,1-6H3. The molecule has 0 radical (unpaired) electrons. The second kappa shape index (κ2) is 15.1. The first kappa shape index (κ1) is 35.6. The Balaban J connectivity index is 1.20. The number of ether oxygens (including phenoxy) is 2. The van der Waals surface area contributed by atoms with Crippen LogP contribution in [0.25, 0.3) is 50.3 Å². The molecule has 274 valence electrons. The predicted molar refractivity (Wildman–Crippen MR) is 220 cm³/mol. The Morgan fingerprint density at radius 2 is 0.982 bits per heavy atom.